The lowest BCUT2D eigenvalue weighted by atomic mass is 10.0. The van der Waals surface area contributed by atoms with Gasteiger partial charge in [-0.3, -0.25) is 9.59 Å². The molecule has 7 nitrogen and oxygen atoms in total. The number of hydrazine groups is 1. The van der Waals surface area contributed by atoms with Crippen LogP contribution in [0.3, 0.4) is 0 Å². The Hall–Kier alpha value is -1.67. The predicted molar refractivity (Wildman–Crippen MR) is 75.0 cm³/mol. The number of primary amides is 1. The summed E-state index contributed by atoms with van der Waals surface area (Å²) in [6.45, 7) is 3.58. The summed E-state index contributed by atoms with van der Waals surface area (Å²) in [5.41, 5.74) is 7.80. The van der Waals surface area contributed by atoms with Crippen molar-refractivity contribution >= 4 is 33.6 Å². The van der Waals surface area contributed by atoms with Crippen LogP contribution in [0.2, 0.25) is 0 Å². The molecule has 19 heavy (non-hydrogen) atoms. The number of nitrogens with two attached hydrogens (primary N) is 2. The fourth-order valence-electron chi connectivity index (χ4n) is 1.51. The van der Waals surface area contributed by atoms with Gasteiger partial charge in [-0.2, -0.15) is 0 Å². The Morgan fingerprint density at radius 1 is 1.42 bits per heavy atom. The number of carbonyl (C=O) groups excluding carboxylic acids is 2. The van der Waals surface area contributed by atoms with Gasteiger partial charge < -0.3 is 16.5 Å². The van der Waals surface area contributed by atoms with Crippen molar-refractivity contribution in [3.8, 4) is 0 Å². The van der Waals surface area contributed by atoms with Crippen molar-refractivity contribution in [3.05, 3.63) is 22.3 Å². The minimum Gasteiger partial charge on any atom is -0.368 e. The molecule has 0 saturated heterocycles. The molecule has 6 N–H and O–H groups in total. The van der Waals surface area contributed by atoms with Gasteiger partial charge in [-0.1, -0.05) is 13.8 Å². The number of halogens is 1. The number of aromatic nitrogens is 1. The van der Waals surface area contributed by atoms with Crippen LogP contribution in [0.5, 0.6) is 0 Å². The van der Waals surface area contributed by atoms with Crippen molar-refractivity contribution in [1.82, 2.24) is 10.3 Å². The van der Waals surface area contributed by atoms with Crippen LogP contribution >= 0.6 is 15.9 Å². The number of carbonyl (C=O) groups is 2. The molecule has 1 atom stereocenters. The molecule has 1 rings (SSSR count). The van der Waals surface area contributed by atoms with Gasteiger partial charge in [0.1, 0.15) is 6.04 Å². The topological polar surface area (TPSA) is 123 Å². The third-order valence-electron chi connectivity index (χ3n) is 2.50. The third kappa shape index (κ3) is 3.90. The molecule has 0 spiro atoms. The maximum Gasteiger partial charge on any atom is 0.255 e. The molecule has 1 heterocycles. The molecule has 1 unspecified atom stereocenters. The number of rotatable bonds is 5. The van der Waals surface area contributed by atoms with Gasteiger partial charge in [0.2, 0.25) is 5.91 Å². The Morgan fingerprint density at radius 3 is 2.53 bits per heavy atom. The van der Waals surface area contributed by atoms with Gasteiger partial charge in [-0.15, -0.1) is 0 Å². The number of anilines is 1. The minimum atomic E-state index is -0.753. The van der Waals surface area contributed by atoms with Crippen LogP contribution in [0, 0.1) is 5.92 Å². The molecule has 0 aromatic carbocycles. The molecule has 104 valence electrons. The van der Waals surface area contributed by atoms with Gasteiger partial charge in [0, 0.05) is 10.7 Å². The first-order valence-electron chi connectivity index (χ1n) is 5.59. The molecular weight excluding hydrogens is 314 g/mol. The van der Waals surface area contributed by atoms with Crippen LogP contribution in [0.25, 0.3) is 0 Å². The first-order valence-corrected chi connectivity index (χ1v) is 6.38. The van der Waals surface area contributed by atoms with Gasteiger partial charge in [0.05, 0.1) is 5.56 Å². The van der Waals surface area contributed by atoms with Gasteiger partial charge in [0.15, 0.2) is 5.82 Å². The number of pyridine rings is 1. The van der Waals surface area contributed by atoms with E-state index in [-0.39, 0.29) is 17.3 Å². The normalized spacial score (nSPS) is 12.1. The van der Waals surface area contributed by atoms with Crippen LogP contribution < -0.4 is 22.3 Å². The standard InChI is InChI=1S/C11H16BrN5O2/c1-5(2)8(9(13)18)16-11(19)7-3-6(12)4-15-10(7)17-14/h3-5,8H,14H2,1-2H3,(H2,13,18)(H,15,17)(H,16,19). The second-order valence-electron chi connectivity index (χ2n) is 4.29. The average molecular weight is 330 g/mol. The molecule has 0 aliphatic rings. The van der Waals surface area contributed by atoms with E-state index in [0.717, 1.165) is 0 Å². The molecule has 0 saturated carbocycles. The van der Waals surface area contributed by atoms with E-state index in [2.05, 4.69) is 31.7 Å². The van der Waals surface area contributed by atoms with E-state index < -0.39 is 17.9 Å². The van der Waals surface area contributed by atoms with Crippen LogP contribution in [-0.2, 0) is 4.79 Å². The Bertz CT molecular complexity index is 492. The van der Waals surface area contributed by atoms with Crippen molar-refractivity contribution in [1.29, 1.82) is 0 Å². The Balaban J connectivity index is 3.00. The first-order chi connectivity index (χ1) is 8.86. The molecule has 0 bridgehead atoms. The van der Waals surface area contributed by atoms with Crippen molar-refractivity contribution in [2.24, 2.45) is 17.5 Å². The summed E-state index contributed by atoms with van der Waals surface area (Å²) in [6, 6.07) is 0.799. The van der Waals surface area contributed by atoms with E-state index in [1.807, 2.05) is 0 Å². The molecule has 1 aromatic rings. The first kappa shape index (κ1) is 15.4. The smallest absolute Gasteiger partial charge is 0.255 e. The van der Waals surface area contributed by atoms with E-state index in [1.165, 1.54) is 6.20 Å². The number of nitrogens with zero attached hydrogens (tertiary/aromatic N) is 1. The van der Waals surface area contributed by atoms with Gasteiger partial charge >= 0.3 is 0 Å². The number of amides is 2. The van der Waals surface area contributed by atoms with E-state index in [9.17, 15) is 9.59 Å². The van der Waals surface area contributed by atoms with E-state index in [4.69, 9.17) is 11.6 Å². The van der Waals surface area contributed by atoms with E-state index in [1.54, 1.807) is 19.9 Å². The Labute approximate surface area is 119 Å². The van der Waals surface area contributed by atoms with Gasteiger partial charge in [-0.05, 0) is 27.9 Å². The fraction of sp³-hybridized carbons (Fsp3) is 0.364. The maximum absolute atomic E-state index is 12.1. The summed E-state index contributed by atoms with van der Waals surface area (Å²) in [5.74, 6) is 4.33. The number of hydrogen-bond donors (Lipinski definition) is 4. The lowest BCUT2D eigenvalue weighted by Crippen LogP contribution is -2.47. The molecule has 8 heteroatoms. The van der Waals surface area contributed by atoms with Crippen LogP contribution in [0.4, 0.5) is 5.82 Å². The molecular formula is C11H16BrN5O2. The monoisotopic (exact) mass is 329 g/mol. The highest BCUT2D eigenvalue weighted by atomic mass is 79.9. The summed E-state index contributed by atoms with van der Waals surface area (Å²) in [5, 5.41) is 2.56. The predicted octanol–water partition coefficient (Wildman–Crippen LogP) is 0.369. The Morgan fingerprint density at radius 2 is 2.05 bits per heavy atom. The summed E-state index contributed by atoms with van der Waals surface area (Å²) >= 11 is 3.22. The lowest BCUT2D eigenvalue weighted by Gasteiger charge is -2.19. The van der Waals surface area contributed by atoms with Crippen molar-refractivity contribution < 1.29 is 9.59 Å². The molecule has 0 aliphatic carbocycles. The lowest BCUT2D eigenvalue weighted by molar-refractivity contribution is -0.120. The largest absolute Gasteiger partial charge is 0.368 e. The zero-order valence-electron chi connectivity index (χ0n) is 10.6. The third-order valence-corrected chi connectivity index (χ3v) is 2.93. The highest BCUT2D eigenvalue weighted by molar-refractivity contribution is 9.10. The second kappa shape index (κ2) is 6.48. The quantitative estimate of drug-likeness (QED) is 0.459. The van der Waals surface area contributed by atoms with Crippen LogP contribution in [-0.4, -0.2) is 22.8 Å². The molecule has 0 fully saturated rings. The molecule has 2 amide bonds. The van der Waals surface area contributed by atoms with Crippen molar-refractivity contribution in [3.63, 3.8) is 0 Å². The highest BCUT2D eigenvalue weighted by Crippen LogP contribution is 2.17. The van der Waals surface area contributed by atoms with Crippen molar-refractivity contribution in [2.45, 2.75) is 19.9 Å². The summed E-state index contributed by atoms with van der Waals surface area (Å²) < 4.78 is 0.622. The van der Waals surface area contributed by atoms with E-state index >= 15 is 0 Å². The summed E-state index contributed by atoms with van der Waals surface area (Å²) in [4.78, 5) is 27.3. The zero-order chi connectivity index (χ0) is 14.6. The molecule has 0 radical (unpaired) electrons. The van der Waals surface area contributed by atoms with Gasteiger partial charge in [-0.25, -0.2) is 10.8 Å². The Kier molecular flexibility index (Phi) is 5.25. The molecule has 0 aliphatic heterocycles. The van der Waals surface area contributed by atoms with Crippen LogP contribution in [0.1, 0.15) is 24.2 Å². The minimum absolute atomic E-state index is 0.115. The van der Waals surface area contributed by atoms with Crippen molar-refractivity contribution in [2.75, 3.05) is 5.43 Å². The zero-order valence-corrected chi connectivity index (χ0v) is 12.2. The number of nitrogen functional groups attached to an aromatic ring is 1. The van der Waals surface area contributed by atoms with Crippen LogP contribution in [0.15, 0.2) is 16.7 Å². The highest BCUT2D eigenvalue weighted by Gasteiger charge is 2.23. The van der Waals surface area contributed by atoms with E-state index in [0.29, 0.717) is 4.47 Å². The SMILES string of the molecule is CC(C)C(NC(=O)c1cc(Br)cnc1NN)C(N)=O. The van der Waals surface area contributed by atoms with Gasteiger partial charge in [0.25, 0.3) is 5.91 Å². The number of hydrogen-bond acceptors (Lipinski definition) is 5. The molecule has 1 aromatic heterocycles. The summed E-state index contributed by atoms with van der Waals surface area (Å²) in [6.07, 6.45) is 1.50. The summed E-state index contributed by atoms with van der Waals surface area (Å²) in [7, 11) is 0. The average Bonchev–Trinajstić information content (AvgIpc) is 2.34. The second-order valence-corrected chi connectivity index (χ2v) is 5.21. The fourth-order valence-corrected chi connectivity index (χ4v) is 1.84. The number of nitrogens with one attached hydrogen (secondary N) is 2. The maximum atomic E-state index is 12.1.